The van der Waals surface area contributed by atoms with Crippen LogP contribution >= 0.6 is 23.2 Å². The molecule has 132 valence electrons. The predicted octanol–water partition coefficient (Wildman–Crippen LogP) is 2.54. The fourth-order valence-corrected chi connectivity index (χ4v) is 3.43. The van der Waals surface area contributed by atoms with Crippen molar-refractivity contribution in [2.75, 3.05) is 6.61 Å². The van der Waals surface area contributed by atoms with Gasteiger partial charge in [0.25, 0.3) is 0 Å². The number of aromatic nitrogens is 1. The van der Waals surface area contributed by atoms with Gasteiger partial charge in [0.2, 0.25) is 11.3 Å². The molecule has 1 aliphatic rings. The molecule has 1 N–H and O–H groups in total. The zero-order chi connectivity index (χ0) is 17.7. The minimum absolute atomic E-state index is 0.0620. The van der Waals surface area contributed by atoms with Gasteiger partial charge in [-0.1, -0.05) is 42.5 Å². The van der Waals surface area contributed by atoms with Crippen LogP contribution in [0, 0.1) is 0 Å². The molecular formula is C16H20Cl2N2O4. The largest absolute Gasteiger partial charge is 0.464 e. The maximum atomic E-state index is 12.4. The average Bonchev–Trinajstić information content (AvgIpc) is 2.53. The lowest BCUT2D eigenvalue weighted by atomic mass is 9.81. The quantitative estimate of drug-likeness (QED) is 0.803. The second kappa shape index (κ2) is 8.03. The van der Waals surface area contributed by atoms with Crippen LogP contribution < -0.4 is 10.7 Å². The summed E-state index contributed by atoms with van der Waals surface area (Å²) in [6.07, 6.45) is 6.54. The van der Waals surface area contributed by atoms with Crippen molar-refractivity contribution in [2.24, 2.45) is 0 Å². The Hall–Kier alpha value is -1.53. The van der Waals surface area contributed by atoms with Crippen molar-refractivity contribution < 1.29 is 14.3 Å². The van der Waals surface area contributed by atoms with Gasteiger partial charge in [-0.25, -0.2) is 4.79 Å². The van der Waals surface area contributed by atoms with Crippen LogP contribution in [0.2, 0.25) is 10.0 Å². The summed E-state index contributed by atoms with van der Waals surface area (Å²) in [6, 6.07) is 0. The van der Waals surface area contributed by atoms with Crippen molar-refractivity contribution in [3.8, 4) is 0 Å². The molecule has 1 heterocycles. The molecule has 1 aromatic rings. The van der Waals surface area contributed by atoms with Crippen molar-refractivity contribution in [3.05, 3.63) is 32.7 Å². The number of ether oxygens (including phenoxy) is 1. The van der Waals surface area contributed by atoms with E-state index in [2.05, 4.69) is 5.32 Å². The summed E-state index contributed by atoms with van der Waals surface area (Å²) in [5.41, 5.74) is -1.46. The molecule has 0 aliphatic heterocycles. The highest BCUT2D eigenvalue weighted by Crippen LogP contribution is 2.29. The van der Waals surface area contributed by atoms with E-state index in [1.165, 1.54) is 17.0 Å². The topological polar surface area (TPSA) is 77.4 Å². The van der Waals surface area contributed by atoms with Crippen LogP contribution in [0.4, 0.5) is 0 Å². The minimum Gasteiger partial charge on any atom is -0.464 e. The molecule has 1 aromatic heterocycles. The first-order valence-corrected chi connectivity index (χ1v) is 8.67. The number of carbonyl (C=O) groups is 2. The summed E-state index contributed by atoms with van der Waals surface area (Å²) in [6.45, 7) is 1.91. The number of nitrogens with zero attached hydrogens (tertiary/aromatic N) is 1. The van der Waals surface area contributed by atoms with E-state index in [0.29, 0.717) is 12.8 Å². The molecule has 0 aromatic carbocycles. The molecule has 2 rings (SSSR count). The van der Waals surface area contributed by atoms with E-state index in [1.807, 2.05) is 0 Å². The fourth-order valence-electron chi connectivity index (χ4n) is 2.93. The molecule has 0 unspecified atom stereocenters. The number of rotatable bonds is 5. The third-order valence-electron chi connectivity index (χ3n) is 4.07. The third-order valence-corrected chi connectivity index (χ3v) is 4.61. The van der Waals surface area contributed by atoms with Crippen LogP contribution in [0.1, 0.15) is 39.0 Å². The van der Waals surface area contributed by atoms with Gasteiger partial charge in [0, 0.05) is 12.4 Å². The van der Waals surface area contributed by atoms with Gasteiger partial charge in [-0.05, 0) is 19.8 Å². The monoisotopic (exact) mass is 374 g/mol. The molecule has 1 fully saturated rings. The normalized spacial score (nSPS) is 16.5. The predicted molar refractivity (Wildman–Crippen MR) is 91.3 cm³/mol. The van der Waals surface area contributed by atoms with E-state index in [-0.39, 0.29) is 29.1 Å². The molecule has 0 spiro atoms. The van der Waals surface area contributed by atoms with Crippen molar-refractivity contribution in [1.29, 1.82) is 0 Å². The van der Waals surface area contributed by atoms with Gasteiger partial charge in [0.1, 0.15) is 22.1 Å². The van der Waals surface area contributed by atoms with Gasteiger partial charge in [-0.15, -0.1) is 0 Å². The van der Waals surface area contributed by atoms with Gasteiger partial charge < -0.3 is 14.6 Å². The minimum atomic E-state index is -0.974. The molecule has 8 heteroatoms. The standard InChI is InChI=1S/C16H20Cl2N2O4/c1-2-24-15(23)16(6-4-3-5-7-16)19-13(21)10-20-8-11(17)14(22)12(18)9-20/h8-9H,2-7,10H2,1H3,(H,19,21). The van der Waals surface area contributed by atoms with Gasteiger partial charge in [0.15, 0.2) is 0 Å². The van der Waals surface area contributed by atoms with E-state index < -0.39 is 16.9 Å². The number of esters is 1. The Balaban J connectivity index is 2.13. The maximum Gasteiger partial charge on any atom is 0.331 e. The second-order valence-electron chi connectivity index (χ2n) is 5.87. The van der Waals surface area contributed by atoms with Crippen molar-refractivity contribution in [3.63, 3.8) is 0 Å². The Morgan fingerprint density at radius 1 is 1.21 bits per heavy atom. The van der Waals surface area contributed by atoms with Crippen molar-refractivity contribution >= 4 is 35.1 Å². The van der Waals surface area contributed by atoms with E-state index in [1.54, 1.807) is 6.92 Å². The smallest absolute Gasteiger partial charge is 0.331 e. The molecule has 0 radical (unpaired) electrons. The Labute approximate surface area is 150 Å². The van der Waals surface area contributed by atoms with Crippen LogP contribution in [0.25, 0.3) is 0 Å². The Kier molecular flexibility index (Phi) is 6.29. The molecule has 24 heavy (non-hydrogen) atoms. The first-order valence-electron chi connectivity index (χ1n) is 7.91. The van der Waals surface area contributed by atoms with E-state index in [0.717, 1.165) is 19.3 Å². The summed E-state index contributed by atoms with van der Waals surface area (Å²) < 4.78 is 6.57. The highest BCUT2D eigenvalue weighted by atomic mass is 35.5. The molecule has 0 bridgehead atoms. The number of amides is 1. The summed E-state index contributed by atoms with van der Waals surface area (Å²) in [7, 11) is 0. The Morgan fingerprint density at radius 2 is 1.79 bits per heavy atom. The molecule has 6 nitrogen and oxygen atoms in total. The number of halogens is 2. The summed E-state index contributed by atoms with van der Waals surface area (Å²) >= 11 is 11.6. The highest BCUT2D eigenvalue weighted by molar-refractivity contribution is 6.34. The average molecular weight is 375 g/mol. The zero-order valence-corrected chi connectivity index (χ0v) is 15.0. The van der Waals surface area contributed by atoms with Crippen LogP contribution in [-0.4, -0.2) is 28.6 Å². The first-order chi connectivity index (χ1) is 11.4. The lowest BCUT2D eigenvalue weighted by Gasteiger charge is -2.35. The van der Waals surface area contributed by atoms with E-state index in [4.69, 9.17) is 27.9 Å². The van der Waals surface area contributed by atoms with Gasteiger partial charge in [-0.2, -0.15) is 0 Å². The van der Waals surface area contributed by atoms with Gasteiger partial charge in [-0.3, -0.25) is 9.59 Å². The molecular weight excluding hydrogens is 355 g/mol. The lowest BCUT2D eigenvalue weighted by Crippen LogP contribution is -2.57. The molecule has 1 saturated carbocycles. The Morgan fingerprint density at radius 3 is 2.33 bits per heavy atom. The highest BCUT2D eigenvalue weighted by Gasteiger charge is 2.42. The maximum absolute atomic E-state index is 12.4. The van der Waals surface area contributed by atoms with Crippen LogP contribution in [0.3, 0.4) is 0 Å². The van der Waals surface area contributed by atoms with Crippen molar-refractivity contribution in [2.45, 2.75) is 51.1 Å². The first kappa shape index (κ1) is 18.8. The van der Waals surface area contributed by atoms with Gasteiger partial charge in [0.05, 0.1) is 6.61 Å². The number of carbonyl (C=O) groups excluding carboxylic acids is 2. The summed E-state index contributed by atoms with van der Waals surface area (Å²) in [5.74, 6) is -0.755. The summed E-state index contributed by atoms with van der Waals surface area (Å²) in [4.78, 5) is 36.2. The number of nitrogens with one attached hydrogen (secondary N) is 1. The third kappa shape index (κ3) is 4.30. The zero-order valence-electron chi connectivity index (χ0n) is 13.4. The second-order valence-corrected chi connectivity index (χ2v) is 6.68. The lowest BCUT2D eigenvalue weighted by molar-refractivity contribution is -0.155. The van der Waals surface area contributed by atoms with E-state index in [9.17, 15) is 14.4 Å². The van der Waals surface area contributed by atoms with E-state index >= 15 is 0 Å². The number of hydrogen-bond acceptors (Lipinski definition) is 4. The van der Waals surface area contributed by atoms with Crippen LogP contribution in [-0.2, 0) is 20.9 Å². The van der Waals surface area contributed by atoms with Crippen LogP contribution in [0.5, 0.6) is 0 Å². The van der Waals surface area contributed by atoms with Crippen molar-refractivity contribution in [1.82, 2.24) is 9.88 Å². The molecule has 1 aliphatic carbocycles. The number of pyridine rings is 1. The Bertz CT molecular complexity index is 655. The number of hydrogen-bond donors (Lipinski definition) is 1. The summed E-state index contributed by atoms with van der Waals surface area (Å²) in [5, 5.41) is 2.70. The molecule has 0 saturated heterocycles. The molecule has 1 amide bonds. The van der Waals surface area contributed by atoms with Gasteiger partial charge >= 0.3 is 5.97 Å². The molecule has 0 atom stereocenters. The fraction of sp³-hybridized carbons (Fsp3) is 0.562. The van der Waals surface area contributed by atoms with Crippen LogP contribution in [0.15, 0.2) is 17.2 Å². The SMILES string of the molecule is CCOC(=O)C1(NC(=O)Cn2cc(Cl)c(=O)c(Cl)c2)CCCCC1.